The van der Waals surface area contributed by atoms with Crippen molar-refractivity contribution in [3.8, 4) is 0 Å². The van der Waals surface area contributed by atoms with E-state index in [4.69, 9.17) is 0 Å². The third kappa shape index (κ3) is 2.43. The summed E-state index contributed by atoms with van der Waals surface area (Å²) >= 11 is 0. The first-order chi connectivity index (χ1) is 12.0. The number of amides is 3. The Balaban J connectivity index is 1.67. The number of urea groups is 1. The summed E-state index contributed by atoms with van der Waals surface area (Å²) in [6.07, 6.45) is 3.91. The zero-order valence-electron chi connectivity index (χ0n) is 14.9. The molecule has 1 aliphatic carbocycles. The van der Waals surface area contributed by atoms with Crippen LogP contribution in [0.15, 0.2) is 24.4 Å². The Hall–Kier alpha value is -2.34. The van der Waals surface area contributed by atoms with Crippen LogP contribution in [-0.4, -0.2) is 60.5 Å². The molecule has 25 heavy (non-hydrogen) atoms. The molecule has 1 aromatic carbocycles. The van der Waals surface area contributed by atoms with Crippen LogP contribution in [0.3, 0.4) is 0 Å². The summed E-state index contributed by atoms with van der Waals surface area (Å²) in [7, 11) is 5.19. The number of aromatic nitrogens is 1. The molecule has 3 amide bonds. The van der Waals surface area contributed by atoms with E-state index < -0.39 is 0 Å². The van der Waals surface area contributed by atoms with E-state index >= 15 is 0 Å². The lowest BCUT2D eigenvalue weighted by Crippen LogP contribution is -2.53. The second-order valence-electron chi connectivity index (χ2n) is 7.29. The van der Waals surface area contributed by atoms with E-state index in [1.54, 1.807) is 14.1 Å². The number of hydrogen-bond donors (Lipinski definition) is 2. The Morgan fingerprint density at radius 2 is 2.16 bits per heavy atom. The number of carbonyl (C=O) groups is 2. The van der Waals surface area contributed by atoms with Gasteiger partial charge in [-0.05, 0) is 37.1 Å². The number of H-pyrrole nitrogens is 1. The molecule has 0 bridgehead atoms. The summed E-state index contributed by atoms with van der Waals surface area (Å²) in [5.74, 6) is 0.0544. The molecule has 0 radical (unpaired) electrons. The highest BCUT2D eigenvalue weighted by molar-refractivity contribution is 5.95. The molecule has 1 fully saturated rings. The summed E-state index contributed by atoms with van der Waals surface area (Å²) in [6, 6.07) is 6.44. The monoisotopic (exact) mass is 340 g/mol. The zero-order valence-corrected chi connectivity index (χ0v) is 14.9. The van der Waals surface area contributed by atoms with Crippen molar-refractivity contribution < 1.29 is 9.59 Å². The average molecular weight is 340 g/mol. The van der Waals surface area contributed by atoms with Gasteiger partial charge in [-0.15, -0.1) is 0 Å². The third-order valence-electron chi connectivity index (χ3n) is 5.92. The number of nitrogens with one attached hydrogen (secondary N) is 2. The van der Waals surface area contributed by atoms with Crippen molar-refractivity contribution in [2.24, 2.45) is 5.92 Å². The Morgan fingerprint density at radius 1 is 1.36 bits per heavy atom. The number of fused-ring (bicyclic) bond motifs is 2. The van der Waals surface area contributed by atoms with Crippen molar-refractivity contribution in [2.75, 3.05) is 27.7 Å². The van der Waals surface area contributed by atoms with Gasteiger partial charge >= 0.3 is 6.03 Å². The van der Waals surface area contributed by atoms with E-state index in [0.717, 1.165) is 12.8 Å². The molecule has 1 aromatic heterocycles. The topological polar surface area (TPSA) is 68.4 Å². The van der Waals surface area contributed by atoms with Crippen LogP contribution >= 0.6 is 0 Å². The van der Waals surface area contributed by atoms with Gasteiger partial charge in [0, 0.05) is 49.7 Å². The minimum Gasteiger partial charge on any atom is -0.361 e. The Labute approximate surface area is 147 Å². The summed E-state index contributed by atoms with van der Waals surface area (Å²) in [4.78, 5) is 31.5. The highest BCUT2D eigenvalue weighted by atomic mass is 16.2. The number of likely N-dealkylation sites (tertiary alicyclic amines) is 1. The summed E-state index contributed by atoms with van der Waals surface area (Å²) in [5, 5.41) is 3.85. The van der Waals surface area contributed by atoms with Gasteiger partial charge in [0.2, 0.25) is 5.91 Å². The maximum atomic E-state index is 12.8. The van der Waals surface area contributed by atoms with E-state index in [0.29, 0.717) is 18.5 Å². The number of carbonyl (C=O) groups excluding carboxylic acids is 2. The predicted molar refractivity (Wildman–Crippen MR) is 96.5 cm³/mol. The third-order valence-corrected chi connectivity index (χ3v) is 5.92. The van der Waals surface area contributed by atoms with E-state index in [1.165, 1.54) is 26.9 Å². The number of nitrogens with zero attached hydrogens (tertiary/aromatic N) is 2. The number of piperidine rings is 1. The Bertz CT molecular complexity index is 843. The van der Waals surface area contributed by atoms with Gasteiger partial charge in [-0.2, -0.15) is 0 Å². The molecule has 2 unspecified atom stereocenters. The van der Waals surface area contributed by atoms with E-state index in [-0.39, 0.29) is 17.9 Å². The lowest BCUT2D eigenvalue weighted by atomic mass is 9.72. The van der Waals surface area contributed by atoms with Crippen molar-refractivity contribution in [3.63, 3.8) is 0 Å². The van der Waals surface area contributed by atoms with Crippen molar-refractivity contribution in [2.45, 2.75) is 24.8 Å². The van der Waals surface area contributed by atoms with Gasteiger partial charge in [-0.25, -0.2) is 4.79 Å². The molecule has 2 heterocycles. The normalized spacial score (nSPS) is 25.5. The molecule has 6 heteroatoms. The standard InChI is InChI=1S/C19H24N4O2/c1-20-19(25)23(3)18(24)12-7-14-13-5-4-6-15-17(13)11(9-21-15)8-16(14)22(2)10-12/h4-6,9,12,14,16,21H,7-8,10H2,1-3H3,(H,20,25)/t12?,14?,16-/m1/s1. The van der Waals surface area contributed by atoms with Gasteiger partial charge in [-0.3, -0.25) is 9.69 Å². The number of benzene rings is 1. The van der Waals surface area contributed by atoms with Crippen LogP contribution < -0.4 is 5.32 Å². The Kier molecular flexibility index (Phi) is 3.80. The van der Waals surface area contributed by atoms with Gasteiger partial charge in [0.05, 0.1) is 5.92 Å². The first kappa shape index (κ1) is 16.1. The van der Waals surface area contributed by atoms with Gasteiger partial charge in [0.25, 0.3) is 0 Å². The number of aromatic amines is 1. The van der Waals surface area contributed by atoms with Crippen molar-refractivity contribution in [1.82, 2.24) is 20.1 Å². The minimum atomic E-state index is -0.353. The van der Waals surface area contributed by atoms with Crippen molar-refractivity contribution in [1.29, 1.82) is 0 Å². The molecule has 0 saturated carbocycles. The van der Waals surface area contributed by atoms with E-state index in [9.17, 15) is 9.59 Å². The summed E-state index contributed by atoms with van der Waals surface area (Å²) in [5.41, 5.74) is 3.87. The summed E-state index contributed by atoms with van der Waals surface area (Å²) in [6.45, 7) is 0.692. The highest BCUT2D eigenvalue weighted by Gasteiger charge is 2.42. The van der Waals surface area contributed by atoms with Crippen LogP contribution in [0.2, 0.25) is 0 Å². The quantitative estimate of drug-likeness (QED) is 0.833. The van der Waals surface area contributed by atoms with E-state index in [1.807, 2.05) is 0 Å². The zero-order chi connectivity index (χ0) is 17.7. The van der Waals surface area contributed by atoms with Crippen molar-refractivity contribution in [3.05, 3.63) is 35.5 Å². The molecule has 132 valence electrons. The van der Waals surface area contributed by atoms with Crippen LogP contribution in [0.1, 0.15) is 23.5 Å². The Morgan fingerprint density at radius 3 is 2.92 bits per heavy atom. The second-order valence-corrected chi connectivity index (χ2v) is 7.29. The van der Waals surface area contributed by atoms with Crippen LogP contribution in [0.5, 0.6) is 0 Å². The number of imide groups is 1. The molecule has 2 aromatic rings. The van der Waals surface area contributed by atoms with Crippen LogP contribution in [0.4, 0.5) is 4.79 Å². The van der Waals surface area contributed by atoms with E-state index in [2.05, 4.69) is 46.6 Å². The maximum absolute atomic E-state index is 12.8. The molecule has 0 spiro atoms. The van der Waals surface area contributed by atoms with Crippen LogP contribution in [-0.2, 0) is 11.2 Å². The average Bonchev–Trinajstić information content (AvgIpc) is 3.05. The SMILES string of the molecule is CNC(=O)N(C)C(=O)C1CC2c3cccc4[nH]cc(c34)C[C@H]2N(C)C1. The molecule has 1 aliphatic heterocycles. The lowest BCUT2D eigenvalue weighted by Gasteiger charge is -2.45. The lowest BCUT2D eigenvalue weighted by molar-refractivity contribution is -0.134. The van der Waals surface area contributed by atoms with Crippen LogP contribution in [0, 0.1) is 5.92 Å². The molecule has 3 atom stereocenters. The molecular formula is C19H24N4O2. The maximum Gasteiger partial charge on any atom is 0.323 e. The molecular weight excluding hydrogens is 316 g/mol. The fourth-order valence-corrected chi connectivity index (χ4v) is 4.66. The fraction of sp³-hybridized carbons (Fsp3) is 0.474. The first-order valence-electron chi connectivity index (χ1n) is 8.79. The largest absolute Gasteiger partial charge is 0.361 e. The van der Waals surface area contributed by atoms with Crippen LogP contribution in [0.25, 0.3) is 10.9 Å². The first-order valence-corrected chi connectivity index (χ1v) is 8.79. The summed E-state index contributed by atoms with van der Waals surface area (Å²) < 4.78 is 0. The van der Waals surface area contributed by atoms with Crippen molar-refractivity contribution >= 4 is 22.8 Å². The fourth-order valence-electron chi connectivity index (χ4n) is 4.66. The number of hydrogen-bond acceptors (Lipinski definition) is 3. The molecule has 2 N–H and O–H groups in total. The number of likely N-dealkylation sites (N-methyl/N-ethyl adjacent to an activating group) is 1. The molecule has 4 rings (SSSR count). The molecule has 1 saturated heterocycles. The smallest absolute Gasteiger partial charge is 0.323 e. The van der Waals surface area contributed by atoms with Gasteiger partial charge in [0.1, 0.15) is 0 Å². The number of rotatable bonds is 1. The minimum absolute atomic E-state index is 0.100. The van der Waals surface area contributed by atoms with Gasteiger partial charge in [0.15, 0.2) is 0 Å². The molecule has 2 aliphatic rings. The highest BCUT2D eigenvalue weighted by Crippen LogP contribution is 2.44. The van der Waals surface area contributed by atoms with Gasteiger partial charge in [-0.1, -0.05) is 12.1 Å². The second kappa shape index (κ2) is 5.88. The molecule has 6 nitrogen and oxygen atoms in total. The predicted octanol–water partition coefficient (Wildman–Crippen LogP) is 1.93. The van der Waals surface area contributed by atoms with Gasteiger partial charge < -0.3 is 15.2 Å².